The van der Waals surface area contributed by atoms with Gasteiger partial charge in [0.25, 0.3) is 0 Å². The first-order valence-corrected chi connectivity index (χ1v) is 7.69. The maximum absolute atomic E-state index is 12.4. The molecule has 1 aromatic carbocycles. The lowest BCUT2D eigenvalue weighted by atomic mass is 9.86. The molecule has 0 bridgehead atoms. The lowest BCUT2D eigenvalue weighted by molar-refractivity contribution is -0.129. The van der Waals surface area contributed by atoms with Crippen molar-refractivity contribution in [2.45, 2.75) is 19.3 Å². The minimum atomic E-state index is 0. The predicted molar refractivity (Wildman–Crippen MR) is 86.2 cm³/mol. The number of nitrogens with zero attached hydrogens (tertiary/aromatic N) is 1. The normalized spacial score (nSPS) is 24.9. The van der Waals surface area contributed by atoms with Crippen LogP contribution in [0.25, 0.3) is 0 Å². The van der Waals surface area contributed by atoms with E-state index in [0.717, 1.165) is 42.6 Å². The highest BCUT2D eigenvalue weighted by Crippen LogP contribution is 2.36. The number of hydrogen-bond donors (Lipinski definition) is 1. The molecule has 0 saturated carbocycles. The van der Waals surface area contributed by atoms with Crippen molar-refractivity contribution < 1.29 is 4.79 Å². The van der Waals surface area contributed by atoms with Gasteiger partial charge in [0.1, 0.15) is 0 Å². The summed E-state index contributed by atoms with van der Waals surface area (Å²) in [6.45, 7) is 4.04. The van der Waals surface area contributed by atoms with Gasteiger partial charge in [-0.3, -0.25) is 4.79 Å². The maximum atomic E-state index is 12.4. The molecule has 1 unspecified atom stereocenters. The molecule has 110 valence electrons. The molecule has 2 saturated heterocycles. The molecule has 1 spiro atoms. The number of rotatable bonds is 2. The van der Waals surface area contributed by atoms with Crippen LogP contribution in [0, 0.1) is 5.41 Å². The van der Waals surface area contributed by atoms with E-state index in [4.69, 9.17) is 0 Å². The number of hydrogen-bond acceptors (Lipinski definition) is 2. The van der Waals surface area contributed by atoms with Crippen molar-refractivity contribution in [2.24, 2.45) is 5.41 Å². The van der Waals surface area contributed by atoms with Crippen molar-refractivity contribution >= 4 is 34.2 Å². The quantitative estimate of drug-likeness (QED) is 0.880. The number of benzene rings is 1. The largest absolute Gasteiger partial charge is 0.342 e. The summed E-state index contributed by atoms with van der Waals surface area (Å²) < 4.78 is 1.04. The average Bonchev–Trinajstić information content (AvgIpc) is 3.00. The second kappa shape index (κ2) is 6.46. The molecular formula is C15H20BrClN2O. The summed E-state index contributed by atoms with van der Waals surface area (Å²) in [5.41, 5.74) is 1.46. The van der Waals surface area contributed by atoms with Crippen molar-refractivity contribution in [3.63, 3.8) is 0 Å². The SMILES string of the molecule is Cl.O=C(Cc1cccc(Br)c1)N1CCC2(CCNC2)C1. The first kappa shape index (κ1) is 15.8. The molecule has 1 amide bonds. The second-order valence-electron chi connectivity index (χ2n) is 5.80. The molecule has 2 aliphatic rings. The van der Waals surface area contributed by atoms with Gasteiger partial charge in [0.05, 0.1) is 6.42 Å². The highest BCUT2D eigenvalue weighted by Gasteiger charge is 2.41. The van der Waals surface area contributed by atoms with Crippen LogP contribution in [0.2, 0.25) is 0 Å². The van der Waals surface area contributed by atoms with Gasteiger partial charge >= 0.3 is 0 Å². The molecule has 20 heavy (non-hydrogen) atoms. The van der Waals surface area contributed by atoms with Crippen LogP contribution in [-0.4, -0.2) is 37.0 Å². The van der Waals surface area contributed by atoms with Crippen LogP contribution < -0.4 is 5.32 Å². The minimum Gasteiger partial charge on any atom is -0.342 e. The molecule has 1 atom stereocenters. The standard InChI is InChI=1S/C15H19BrN2O.ClH/c16-13-3-1-2-12(8-13)9-14(19)18-7-5-15(11-18)4-6-17-10-15;/h1-3,8,17H,4-7,9-11H2;1H. The number of nitrogens with one attached hydrogen (secondary N) is 1. The Kier molecular flexibility index (Phi) is 5.10. The summed E-state index contributed by atoms with van der Waals surface area (Å²) in [5.74, 6) is 0.266. The maximum Gasteiger partial charge on any atom is 0.227 e. The summed E-state index contributed by atoms with van der Waals surface area (Å²) in [4.78, 5) is 14.4. The summed E-state index contributed by atoms with van der Waals surface area (Å²) >= 11 is 3.45. The number of carbonyl (C=O) groups is 1. The van der Waals surface area contributed by atoms with E-state index in [9.17, 15) is 4.79 Å². The highest BCUT2D eigenvalue weighted by molar-refractivity contribution is 9.10. The molecule has 0 aromatic heterocycles. The Balaban J connectivity index is 0.00000147. The van der Waals surface area contributed by atoms with E-state index in [1.165, 1.54) is 6.42 Å². The van der Waals surface area contributed by atoms with E-state index in [1.54, 1.807) is 0 Å². The number of likely N-dealkylation sites (tertiary alicyclic amines) is 1. The van der Waals surface area contributed by atoms with Gasteiger partial charge in [0.2, 0.25) is 5.91 Å². The van der Waals surface area contributed by atoms with Crippen molar-refractivity contribution in [2.75, 3.05) is 26.2 Å². The van der Waals surface area contributed by atoms with Crippen LogP contribution in [0.3, 0.4) is 0 Å². The number of amides is 1. The lowest BCUT2D eigenvalue weighted by Gasteiger charge is -2.22. The topological polar surface area (TPSA) is 32.3 Å². The third-order valence-electron chi connectivity index (χ3n) is 4.37. The third kappa shape index (κ3) is 3.35. The average molecular weight is 360 g/mol. The summed E-state index contributed by atoms with van der Waals surface area (Å²) in [6, 6.07) is 8.02. The summed E-state index contributed by atoms with van der Waals surface area (Å²) in [6.07, 6.45) is 2.89. The zero-order chi connectivity index (χ0) is 13.3. The van der Waals surface area contributed by atoms with Gasteiger partial charge in [-0.05, 0) is 37.1 Å². The number of halogens is 2. The van der Waals surface area contributed by atoms with Crippen LogP contribution in [-0.2, 0) is 11.2 Å². The van der Waals surface area contributed by atoms with Gasteiger partial charge in [-0.1, -0.05) is 28.1 Å². The van der Waals surface area contributed by atoms with Gasteiger partial charge in [0.15, 0.2) is 0 Å². The first-order valence-electron chi connectivity index (χ1n) is 6.90. The van der Waals surface area contributed by atoms with Gasteiger partial charge < -0.3 is 10.2 Å². The van der Waals surface area contributed by atoms with Crippen LogP contribution in [0.1, 0.15) is 18.4 Å². The molecule has 3 rings (SSSR count). The molecule has 5 heteroatoms. The van der Waals surface area contributed by atoms with Crippen LogP contribution in [0.15, 0.2) is 28.7 Å². The third-order valence-corrected chi connectivity index (χ3v) is 4.86. The van der Waals surface area contributed by atoms with E-state index >= 15 is 0 Å². The van der Waals surface area contributed by atoms with Crippen LogP contribution in [0.5, 0.6) is 0 Å². The smallest absolute Gasteiger partial charge is 0.227 e. The molecule has 1 N–H and O–H groups in total. The van der Waals surface area contributed by atoms with E-state index in [2.05, 4.69) is 21.2 Å². The Labute approximate surface area is 134 Å². The van der Waals surface area contributed by atoms with Gasteiger partial charge in [-0.15, -0.1) is 12.4 Å². The van der Waals surface area contributed by atoms with E-state index in [-0.39, 0.29) is 18.3 Å². The minimum absolute atomic E-state index is 0. The highest BCUT2D eigenvalue weighted by atomic mass is 79.9. The molecule has 0 radical (unpaired) electrons. The lowest BCUT2D eigenvalue weighted by Crippen LogP contribution is -2.34. The Bertz CT molecular complexity index is 489. The second-order valence-corrected chi connectivity index (χ2v) is 6.71. The fourth-order valence-corrected chi connectivity index (χ4v) is 3.67. The van der Waals surface area contributed by atoms with Crippen LogP contribution >= 0.6 is 28.3 Å². The Morgan fingerprint density at radius 1 is 1.40 bits per heavy atom. The van der Waals surface area contributed by atoms with E-state index < -0.39 is 0 Å². The van der Waals surface area contributed by atoms with Crippen molar-refractivity contribution in [3.05, 3.63) is 34.3 Å². The molecule has 2 fully saturated rings. The Morgan fingerprint density at radius 2 is 2.25 bits per heavy atom. The first-order chi connectivity index (χ1) is 9.17. The van der Waals surface area contributed by atoms with E-state index in [0.29, 0.717) is 11.8 Å². The zero-order valence-electron chi connectivity index (χ0n) is 11.4. The van der Waals surface area contributed by atoms with Crippen molar-refractivity contribution in [1.29, 1.82) is 0 Å². The molecular weight excluding hydrogens is 340 g/mol. The molecule has 2 heterocycles. The van der Waals surface area contributed by atoms with Gasteiger partial charge in [-0.25, -0.2) is 0 Å². The van der Waals surface area contributed by atoms with Crippen molar-refractivity contribution in [1.82, 2.24) is 10.2 Å². The van der Waals surface area contributed by atoms with Gasteiger partial charge in [-0.2, -0.15) is 0 Å². The summed E-state index contributed by atoms with van der Waals surface area (Å²) in [5, 5.41) is 3.43. The fourth-order valence-electron chi connectivity index (χ4n) is 3.23. The van der Waals surface area contributed by atoms with Gasteiger partial charge in [0, 0.05) is 29.5 Å². The molecule has 3 nitrogen and oxygen atoms in total. The molecule has 1 aromatic rings. The Hall–Kier alpha value is -0.580. The van der Waals surface area contributed by atoms with Crippen LogP contribution in [0.4, 0.5) is 0 Å². The monoisotopic (exact) mass is 358 g/mol. The predicted octanol–water partition coefficient (Wildman–Crippen LogP) is 2.63. The number of carbonyl (C=O) groups excluding carboxylic acids is 1. The zero-order valence-corrected chi connectivity index (χ0v) is 13.8. The molecule has 2 aliphatic heterocycles. The molecule has 0 aliphatic carbocycles. The Morgan fingerprint density at radius 3 is 2.95 bits per heavy atom. The van der Waals surface area contributed by atoms with E-state index in [1.807, 2.05) is 29.2 Å². The fraction of sp³-hybridized carbons (Fsp3) is 0.533. The summed E-state index contributed by atoms with van der Waals surface area (Å²) in [7, 11) is 0. The van der Waals surface area contributed by atoms with Crippen molar-refractivity contribution in [3.8, 4) is 0 Å².